The van der Waals surface area contributed by atoms with Crippen molar-refractivity contribution in [2.24, 2.45) is 0 Å². The molecule has 0 amide bonds. The van der Waals surface area contributed by atoms with Gasteiger partial charge in [0, 0.05) is 46.6 Å². The van der Waals surface area contributed by atoms with Gasteiger partial charge in [-0.25, -0.2) is 4.79 Å². The Labute approximate surface area is 150 Å². The molecule has 1 fully saturated rings. The highest BCUT2D eigenvalue weighted by molar-refractivity contribution is 5.87. The molecule has 0 atom stereocenters. The van der Waals surface area contributed by atoms with Crippen LogP contribution in [0.2, 0.25) is 0 Å². The summed E-state index contributed by atoms with van der Waals surface area (Å²) in [6, 6.07) is 5.70. The van der Waals surface area contributed by atoms with Gasteiger partial charge in [0.2, 0.25) is 5.76 Å². The minimum absolute atomic E-state index is 0.00594. The lowest BCUT2D eigenvalue weighted by atomic mass is 9.82. The van der Waals surface area contributed by atoms with Crippen LogP contribution in [-0.2, 0) is 18.4 Å². The number of carbonyl (C=O) groups is 1. The number of aryl methyl sites for hydroxylation is 1. The number of aromatic carboxylic acids is 1. The Kier molecular flexibility index (Phi) is 2.99. The average molecular weight is 349 g/mol. The molecule has 0 aromatic carbocycles. The van der Waals surface area contributed by atoms with Crippen LogP contribution in [0.3, 0.4) is 0 Å². The summed E-state index contributed by atoms with van der Waals surface area (Å²) < 4.78 is 7.64. The largest absolute Gasteiger partial charge is 0.475 e. The van der Waals surface area contributed by atoms with Gasteiger partial charge in [0.1, 0.15) is 5.76 Å². The molecule has 3 heterocycles. The number of rotatable bonds is 3. The Bertz CT molecular complexity index is 1040. The van der Waals surface area contributed by atoms with E-state index in [0.29, 0.717) is 6.54 Å². The number of fused-ring (bicyclic) bond motifs is 4. The molecule has 3 aromatic heterocycles. The molecule has 0 unspecified atom stereocenters. The number of nitrogens with zero attached hydrogens (tertiary/aromatic N) is 3. The van der Waals surface area contributed by atoms with E-state index in [1.807, 2.05) is 23.9 Å². The molecular formula is C20H19N3O3. The molecule has 1 spiro atoms. The predicted octanol–water partition coefficient (Wildman–Crippen LogP) is 3.49. The second-order valence-electron chi connectivity index (χ2n) is 7.48. The first-order valence-corrected chi connectivity index (χ1v) is 8.83. The van der Waals surface area contributed by atoms with Crippen LogP contribution in [0, 0.1) is 13.8 Å². The number of aromatic nitrogens is 3. The molecule has 6 nitrogen and oxygen atoms in total. The second-order valence-corrected chi connectivity index (χ2v) is 7.48. The third-order valence-corrected chi connectivity index (χ3v) is 5.67. The van der Waals surface area contributed by atoms with Crippen molar-refractivity contribution in [1.82, 2.24) is 14.8 Å². The molecule has 0 radical (unpaired) electrons. The predicted molar refractivity (Wildman–Crippen MR) is 94.3 cm³/mol. The fourth-order valence-electron chi connectivity index (χ4n) is 4.13. The highest BCUT2D eigenvalue weighted by Crippen LogP contribution is 2.58. The topological polar surface area (TPSA) is 81.2 Å². The van der Waals surface area contributed by atoms with Crippen LogP contribution in [0.5, 0.6) is 0 Å². The van der Waals surface area contributed by atoms with E-state index in [0.717, 1.165) is 53.2 Å². The Morgan fingerprint density at radius 1 is 1.35 bits per heavy atom. The summed E-state index contributed by atoms with van der Waals surface area (Å²) in [5.74, 6) is -0.282. The maximum Gasteiger partial charge on any atom is 0.371 e. The number of carboxylic acid groups (broad SMARTS) is 1. The van der Waals surface area contributed by atoms with Crippen LogP contribution in [0.25, 0.3) is 11.3 Å². The summed E-state index contributed by atoms with van der Waals surface area (Å²) in [4.78, 5) is 15.7. The molecule has 6 heteroatoms. The van der Waals surface area contributed by atoms with E-state index in [1.165, 1.54) is 5.56 Å². The van der Waals surface area contributed by atoms with E-state index in [2.05, 4.69) is 18.0 Å². The van der Waals surface area contributed by atoms with Gasteiger partial charge in [-0.05, 0) is 38.3 Å². The Morgan fingerprint density at radius 2 is 2.15 bits per heavy atom. The van der Waals surface area contributed by atoms with Crippen molar-refractivity contribution in [2.45, 2.75) is 45.1 Å². The van der Waals surface area contributed by atoms with Crippen molar-refractivity contribution >= 4 is 5.97 Å². The van der Waals surface area contributed by atoms with Crippen molar-refractivity contribution in [1.29, 1.82) is 0 Å². The van der Waals surface area contributed by atoms with Gasteiger partial charge in [0.25, 0.3) is 0 Å². The van der Waals surface area contributed by atoms with Crippen LogP contribution in [-0.4, -0.2) is 25.8 Å². The van der Waals surface area contributed by atoms with Crippen molar-refractivity contribution in [3.63, 3.8) is 0 Å². The maximum absolute atomic E-state index is 11.3. The zero-order chi connectivity index (χ0) is 18.1. The first-order chi connectivity index (χ1) is 12.5. The maximum atomic E-state index is 11.3. The fraction of sp³-hybridized carbons (Fsp3) is 0.350. The van der Waals surface area contributed by atoms with Crippen molar-refractivity contribution in [2.75, 3.05) is 0 Å². The smallest absolute Gasteiger partial charge is 0.371 e. The minimum atomic E-state index is -1.03. The van der Waals surface area contributed by atoms with Gasteiger partial charge in [-0.15, -0.1) is 0 Å². The van der Waals surface area contributed by atoms with Crippen LogP contribution in [0.4, 0.5) is 0 Å². The monoisotopic (exact) mass is 349 g/mol. The van der Waals surface area contributed by atoms with E-state index in [9.17, 15) is 9.90 Å². The van der Waals surface area contributed by atoms with Gasteiger partial charge in [0.15, 0.2) is 0 Å². The first kappa shape index (κ1) is 15.4. The molecule has 2 aliphatic carbocycles. The summed E-state index contributed by atoms with van der Waals surface area (Å²) in [5, 5.41) is 14.1. The van der Waals surface area contributed by atoms with Gasteiger partial charge >= 0.3 is 5.97 Å². The highest BCUT2D eigenvalue weighted by Gasteiger charge is 2.52. The number of hydrogen-bond acceptors (Lipinski definition) is 4. The number of pyridine rings is 1. The minimum Gasteiger partial charge on any atom is -0.475 e. The number of hydrogen-bond donors (Lipinski definition) is 1. The van der Waals surface area contributed by atoms with E-state index in [4.69, 9.17) is 9.52 Å². The SMILES string of the molecule is Cc1ccc(Cn2nc3c(c2C)C2(CC2)Cc2oc(C(=O)O)cc2-3)cn1. The number of furan rings is 1. The third-order valence-electron chi connectivity index (χ3n) is 5.67. The van der Waals surface area contributed by atoms with Gasteiger partial charge < -0.3 is 9.52 Å². The van der Waals surface area contributed by atoms with E-state index >= 15 is 0 Å². The summed E-state index contributed by atoms with van der Waals surface area (Å²) in [7, 11) is 0. The van der Waals surface area contributed by atoms with Crippen LogP contribution in [0.1, 0.15) is 51.7 Å². The van der Waals surface area contributed by atoms with E-state index in [-0.39, 0.29) is 11.2 Å². The molecule has 0 saturated heterocycles. The molecule has 2 aliphatic rings. The van der Waals surface area contributed by atoms with Crippen LogP contribution >= 0.6 is 0 Å². The lowest BCUT2D eigenvalue weighted by Gasteiger charge is -2.20. The normalized spacial score (nSPS) is 16.4. The third kappa shape index (κ3) is 2.14. The van der Waals surface area contributed by atoms with E-state index < -0.39 is 5.97 Å². The Hall–Kier alpha value is -2.89. The fourth-order valence-corrected chi connectivity index (χ4v) is 4.13. The molecule has 26 heavy (non-hydrogen) atoms. The highest BCUT2D eigenvalue weighted by atomic mass is 16.4. The first-order valence-electron chi connectivity index (χ1n) is 8.83. The average Bonchev–Trinajstić information content (AvgIpc) is 3.09. The van der Waals surface area contributed by atoms with Gasteiger partial charge in [-0.2, -0.15) is 5.10 Å². The molecule has 3 aromatic rings. The lowest BCUT2D eigenvalue weighted by Crippen LogP contribution is -2.17. The standard InChI is InChI=1S/C20H19N3O3/c1-11-3-4-13(9-21-11)10-23-12(2)17-18(22-23)14-7-15(19(24)25)26-16(14)8-20(17)5-6-20/h3-4,7,9H,5-6,8,10H2,1-2H3,(H,24,25). The molecule has 1 N–H and O–H groups in total. The van der Waals surface area contributed by atoms with Gasteiger partial charge in [0.05, 0.1) is 12.2 Å². The van der Waals surface area contributed by atoms with Crippen molar-refractivity contribution in [3.05, 3.63) is 58.4 Å². The Morgan fingerprint density at radius 3 is 2.81 bits per heavy atom. The van der Waals surface area contributed by atoms with Gasteiger partial charge in [-0.3, -0.25) is 9.67 Å². The lowest BCUT2D eigenvalue weighted by molar-refractivity contribution is 0.0660. The summed E-state index contributed by atoms with van der Waals surface area (Å²) in [6.07, 6.45) is 4.84. The van der Waals surface area contributed by atoms with Crippen molar-refractivity contribution < 1.29 is 14.3 Å². The van der Waals surface area contributed by atoms with Crippen LogP contribution < -0.4 is 0 Å². The summed E-state index contributed by atoms with van der Waals surface area (Å²) in [6.45, 7) is 4.73. The van der Waals surface area contributed by atoms with E-state index in [1.54, 1.807) is 6.07 Å². The second kappa shape index (κ2) is 5.06. The zero-order valence-electron chi connectivity index (χ0n) is 14.7. The number of carboxylic acids is 1. The summed E-state index contributed by atoms with van der Waals surface area (Å²) >= 11 is 0. The molecule has 132 valence electrons. The van der Waals surface area contributed by atoms with Crippen molar-refractivity contribution in [3.8, 4) is 11.3 Å². The molecule has 0 aliphatic heterocycles. The Balaban J connectivity index is 1.62. The molecular weight excluding hydrogens is 330 g/mol. The van der Waals surface area contributed by atoms with Gasteiger partial charge in [-0.1, -0.05) is 6.07 Å². The molecule has 0 bridgehead atoms. The van der Waals surface area contributed by atoms with Crippen LogP contribution in [0.15, 0.2) is 28.8 Å². The quantitative estimate of drug-likeness (QED) is 0.783. The molecule has 5 rings (SSSR count). The summed E-state index contributed by atoms with van der Waals surface area (Å²) in [5.41, 5.74) is 6.30. The molecule has 1 saturated carbocycles. The zero-order valence-corrected chi connectivity index (χ0v) is 14.7.